The molecule has 75 heavy (non-hydrogen) atoms. The number of furan rings is 1. The molecule has 13 aromatic rings. The fourth-order valence-corrected chi connectivity index (χ4v) is 16.5. The normalized spacial score (nSPS) is 12.4. The van der Waals surface area contributed by atoms with Crippen LogP contribution in [0.4, 0.5) is 0 Å². The molecule has 14 rings (SSSR count). The van der Waals surface area contributed by atoms with E-state index >= 15 is 0 Å². The fraction of sp³-hybridized carbons (Fsp3) is 0.0143. The van der Waals surface area contributed by atoms with Crippen molar-refractivity contribution in [3.05, 3.63) is 272 Å². The molecule has 0 saturated heterocycles. The molecule has 5 heteroatoms. The standard InChI is InChI=1S/C70H47N3OSi/c1-46-38-40-52(41-39-46)75(51-26-9-4-10-27-51,53-42-43-61-59-32-14-13-30-57(59)55-28-11-12-29-56(55)58-31-15-16-33-60(58)64(61)45-53)65-37-19-36-63-62-35-18-34-54(66(62)74-67(63)65)49-24-17-25-50(44-49)70-72-68(47-20-5-2-6-21-47)71-69(73-70)48-22-7-3-8-23-48/h2-45H,1H3. The monoisotopic (exact) mass is 973 g/mol. The molecule has 1 atom stereocenters. The number of aromatic nitrogens is 3. The summed E-state index contributed by atoms with van der Waals surface area (Å²) in [5.41, 5.74) is 17.5. The van der Waals surface area contributed by atoms with Gasteiger partial charge in [0.1, 0.15) is 11.2 Å². The Morgan fingerprint density at radius 3 is 1.25 bits per heavy atom. The smallest absolute Gasteiger partial charge is 0.184 e. The van der Waals surface area contributed by atoms with E-state index in [1.807, 2.05) is 60.7 Å². The number of nitrogens with zero attached hydrogens (tertiary/aromatic N) is 3. The molecule has 352 valence electrons. The van der Waals surface area contributed by atoms with Gasteiger partial charge in [-0.1, -0.05) is 266 Å². The average molecular weight is 974 g/mol. The van der Waals surface area contributed by atoms with E-state index in [-0.39, 0.29) is 0 Å². The Labute approximate surface area is 437 Å². The zero-order chi connectivity index (χ0) is 49.9. The molecule has 0 amide bonds. The van der Waals surface area contributed by atoms with Crippen LogP contribution in [0.3, 0.4) is 0 Å². The van der Waals surface area contributed by atoms with Crippen molar-refractivity contribution in [2.24, 2.45) is 0 Å². The van der Waals surface area contributed by atoms with Crippen LogP contribution in [0.1, 0.15) is 5.56 Å². The van der Waals surface area contributed by atoms with Crippen LogP contribution >= 0.6 is 0 Å². The molecule has 0 spiro atoms. The Hall–Kier alpha value is -9.55. The molecule has 0 fully saturated rings. The number of para-hydroxylation sites is 2. The molecule has 4 nitrogen and oxygen atoms in total. The van der Waals surface area contributed by atoms with Gasteiger partial charge in [0.25, 0.3) is 0 Å². The van der Waals surface area contributed by atoms with E-state index in [1.54, 1.807) is 0 Å². The van der Waals surface area contributed by atoms with Gasteiger partial charge in [-0.2, -0.15) is 0 Å². The summed E-state index contributed by atoms with van der Waals surface area (Å²) in [5, 5.41) is 7.19. The third-order valence-corrected chi connectivity index (χ3v) is 19.9. The van der Waals surface area contributed by atoms with Crippen LogP contribution in [-0.4, -0.2) is 23.0 Å². The highest BCUT2D eigenvalue weighted by molar-refractivity contribution is 7.20. The highest BCUT2D eigenvalue weighted by Gasteiger charge is 2.44. The van der Waals surface area contributed by atoms with E-state index in [9.17, 15) is 0 Å². The van der Waals surface area contributed by atoms with Gasteiger partial charge in [-0.25, -0.2) is 15.0 Å². The van der Waals surface area contributed by atoms with Gasteiger partial charge in [0.05, 0.1) is 0 Å². The second-order valence-electron chi connectivity index (χ2n) is 19.5. The number of fused-ring (bicyclic) bond motifs is 11. The van der Waals surface area contributed by atoms with Gasteiger partial charge in [-0.15, -0.1) is 0 Å². The number of hydrogen-bond donors (Lipinski definition) is 0. The highest BCUT2D eigenvalue weighted by Crippen LogP contribution is 2.47. The summed E-state index contributed by atoms with van der Waals surface area (Å²) in [6.45, 7) is 2.18. The van der Waals surface area contributed by atoms with Crippen molar-refractivity contribution in [3.8, 4) is 89.8 Å². The van der Waals surface area contributed by atoms with E-state index in [0.29, 0.717) is 17.5 Å². The first-order chi connectivity index (χ1) is 37.1. The van der Waals surface area contributed by atoms with Gasteiger partial charge >= 0.3 is 0 Å². The molecule has 1 aliphatic carbocycles. The second kappa shape index (κ2) is 18.2. The number of aryl methyl sites for hydroxylation is 1. The summed E-state index contributed by atoms with van der Waals surface area (Å²) in [7, 11) is -3.26. The zero-order valence-electron chi connectivity index (χ0n) is 41.2. The summed E-state index contributed by atoms with van der Waals surface area (Å²) in [5.74, 6) is 1.86. The largest absolute Gasteiger partial charge is 0.455 e. The lowest BCUT2D eigenvalue weighted by Crippen LogP contribution is -2.74. The first-order valence-electron chi connectivity index (χ1n) is 25.6. The third-order valence-electron chi connectivity index (χ3n) is 15.1. The van der Waals surface area contributed by atoms with Crippen LogP contribution in [0.25, 0.3) is 112 Å². The first-order valence-corrected chi connectivity index (χ1v) is 27.6. The summed E-state index contributed by atoms with van der Waals surface area (Å²) < 4.78 is 7.55. The molecule has 0 radical (unpaired) electrons. The lowest BCUT2D eigenvalue weighted by molar-refractivity contribution is 0.672. The molecule has 2 aromatic heterocycles. The Kier molecular flexibility index (Phi) is 10.7. The maximum Gasteiger partial charge on any atom is 0.184 e. The fourth-order valence-electron chi connectivity index (χ4n) is 11.7. The Bertz CT molecular complexity index is 4240. The highest BCUT2D eigenvalue weighted by atomic mass is 28.3. The average Bonchev–Trinajstić information content (AvgIpc) is 3.93. The quantitative estimate of drug-likeness (QED) is 0.112. The Morgan fingerprint density at radius 1 is 0.280 bits per heavy atom. The van der Waals surface area contributed by atoms with Gasteiger partial charge in [0, 0.05) is 33.0 Å². The minimum absolute atomic E-state index is 0.604. The van der Waals surface area contributed by atoms with Crippen molar-refractivity contribution in [2.75, 3.05) is 0 Å². The van der Waals surface area contributed by atoms with Crippen LogP contribution in [0, 0.1) is 6.92 Å². The van der Waals surface area contributed by atoms with Gasteiger partial charge in [0.2, 0.25) is 0 Å². The van der Waals surface area contributed by atoms with Gasteiger partial charge < -0.3 is 4.42 Å². The van der Waals surface area contributed by atoms with Crippen molar-refractivity contribution in [1.29, 1.82) is 0 Å². The van der Waals surface area contributed by atoms with Crippen molar-refractivity contribution in [1.82, 2.24) is 15.0 Å². The lowest BCUT2D eigenvalue weighted by Gasteiger charge is -2.35. The van der Waals surface area contributed by atoms with Crippen LogP contribution in [0.2, 0.25) is 0 Å². The zero-order valence-corrected chi connectivity index (χ0v) is 42.2. The lowest BCUT2D eigenvalue weighted by atomic mass is 9.81. The Balaban J connectivity index is 1.000. The number of hydrogen-bond acceptors (Lipinski definition) is 4. The van der Waals surface area contributed by atoms with Crippen LogP contribution in [-0.2, 0) is 0 Å². The van der Waals surface area contributed by atoms with Gasteiger partial charge in [0.15, 0.2) is 25.5 Å². The molecule has 0 saturated carbocycles. The predicted octanol–water partition coefficient (Wildman–Crippen LogP) is 15.1. The SMILES string of the molecule is Cc1ccc([Si](c2ccccc2)(c2ccc3c(c2)-c2ccccc2-c2ccccc2-c2ccccc2-3)c2cccc3c2oc2c(-c4cccc(-c5nc(-c6ccccc6)nc(-c6ccccc6)n5)c4)cccc23)cc1. The van der Waals surface area contributed by atoms with Gasteiger partial charge in [-0.3, -0.25) is 0 Å². The van der Waals surface area contributed by atoms with Crippen molar-refractivity contribution in [2.45, 2.75) is 6.92 Å². The molecular formula is C70H47N3OSi. The number of rotatable bonds is 8. The molecule has 2 heterocycles. The topological polar surface area (TPSA) is 51.8 Å². The summed E-state index contributed by atoms with van der Waals surface area (Å²) in [6.07, 6.45) is 0. The molecule has 0 N–H and O–H groups in total. The van der Waals surface area contributed by atoms with E-state index in [2.05, 4.69) is 213 Å². The molecule has 1 unspecified atom stereocenters. The number of benzene rings is 11. The summed E-state index contributed by atoms with van der Waals surface area (Å²) in [4.78, 5) is 15.1. The Morgan fingerprint density at radius 2 is 0.680 bits per heavy atom. The van der Waals surface area contributed by atoms with E-state index in [0.717, 1.165) is 49.8 Å². The van der Waals surface area contributed by atoms with Crippen LogP contribution < -0.4 is 20.7 Å². The predicted molar refractivity (Wildman–Crippen MR) is 313 cm³/mol. The van der Waals surface area contributed by atoms with Crippen molar-refractivity contribution in [3.63, 3.8) is 0 Å². The maximum atomic E-state index is 7.55. The van der Waals surface area contributed by atoms with E-state index in [4.69, 9.17) is 19.4 Å². The molecule has 0 bridgehead atoms. The molecule has 11 aromatic carbocycles. The molecule has 1 aliphatic rings. The summed E-state index contributed by atoms with van der Waals surface area (Å²) in [6, 6.07) is 96.7. The van der Waals surface area contributed by atoms with Gasteiger partial charge in [-0.05, 0) is 83.8 Å². The minimum Gasteiger partial charge on any atom is -0.455 e. The van der Waals surface area contributed by atoms with E-state index in [1.165, 1.54) is 70.8 Å². The molecule has 0 aliphatic heterocycles. The van der Waals surface area contributed by atoms with Crippen molar-refractivity contribution >= 4 is 50.8 Å². The van der Waals surface area contributed by atoms with Crippen LogP contribution in [0.15, 0.2) is 271 Å². The van der Waals surface area contributed by atoms with Crippen molar-refractivity contribution < 1.29 is 4.42 Å². The summed E-state index contributed by atoms with van der Waals surface area (Å²) >= 11 is 0. The third kappa shape index (κ3) is 7.39. The molecular weight excluding hydrogens is 927 g/mol. The first kappa shape index (κ1) is 44.2. The minimum atomic E-state index is -3.26. The van der Waals surface area contributed by atoms with E-state index < -0.39 is 8.07 Å². The van der Waals surface area contributed by atoms with Crippen LogP contribution in [0.5, 0.6) is 0 Å². The second-order valence-corrected chi connectivity index (χ2v) is 23.2. The maximum absolute atomic E-state index is 7.55.